The Labute approximate surface area is 211 Å². The van der Waals surface area contributed by atoms with Crippen LogP contribution in [-0.4, -0.2) is 31.6 Å². The number of hydrogen-bond donors (Lipinski definition) is 2. The summed E-state index contributed by atoms with van der Waals surface area (Å²) in [6, 6.07) is 27.2. The second-order valence-corrected chi connectivity index (χ2v) is 8.88. The molecule has 1 aliphatic rings. The van der Waals surface area contributed by atoms with Crippen LogP contribution in [0.2, 0.25) is 0 Å². The number of aliphatic imine (C=N–C) groups is 1. The van der Waals surface area contributed by atoms with Crippen molar-refractivity contribution in [2.75, 3.05) is 13.7 Å². The van der Waals surface area contributed by atoms with Crippen LogP contribution in [0.25, 0.3) is 0 Å². The number of nitriles is 1. The molecule has 7 heteroatoms. The maximum atomic E-state index is 13.0. The minimum atomic E-state index is -0.204. The molecule has 4 rings (SSSR count). The quantitative estimate of drug-likeness (QED) is 0.286. The van der Waals surface area contributed by atoms with Crippen LogP contribution >= 0.6 is 0 Å². The second kappa shape index (κ2) is 11.9. The van der Waals surface area contributed by atoms with Crippen molar-refractivity contribution in [1.82, 2.24) is 10.6 Å². The summed E-state index contributed by atoms with van der Waals surface area (Å²) >= 11 is 0. The van der Waals surface area contributed by atoms with E-state index < -0.39 is 0 Å². The van der Waals surface area contributed by atoms with Crippen LogP contribution in [-0.2, 0) is 5.41 Å². The van der Waals surface area contributed by atoms with Crippen molar-refractivity contribution in [3.8, 4) is 17.7 Å². The highest BCUT2D eigenvalue weighted by molar-refractivity contribution is 5.97. The average Bonchev–Trinajstić information content (AvgIpc) is 2.94. The van der Waals surface area contributed by atoms with Crippen LogP contribution in [0.1, 0.15) is 41.6 Å². The highest BCUT2D eigenvalue weighted by atomic mass is 16.5. The minimum Gasteiger partial charge on any atom is -0.496 e. The fraction of sp³-hybridized carbons (Fsp3) is 0.276. The summed E-state index contributed by atoms with van der Waals surface area (Å²) < 4.78 is 11.2. The number of hydrogen-bond acceptors (Lipinski definition) is 5. The van der Waals surface area contributed by atoms with Crippen LogP contribution in [0.4, 0.5) is 0 Å². The van der Waals surface area contributed by atoms with E-state index in [0.29, 0.717) is 23.6 Å². The van der Waals surface area contributed by atoms with E-state index in [2.05, 4.69) is 27.8 Å². The Morgan fingerprint density at radius 1 is 1.00 bits per heavy atom. The van der Waals surface area contributed by atoms with Crippen LogP contribution in [0.5, 0.6) is 11.5 Å². The lowest BCUT2D eigenvalue weighted by molar-refractivity contribution is 0.0932. The van der Waals surface area contributed by atoms with Gasteiger partial charge in [0.1, 0.15) is 11.5 Å². The first-order valence-corrected chi connectivity index (χ1v) is 12.1. The number of nitrogens with zero attached hydrogens (tertiary/aromatic N) is 2. The Balaban J connectivity index is 1.45. The largest absolute Gasteiger partial charge is 0.496 e. The van der Waals surface area contributed by atoms with Crippen molar-refractivity contribution >= 4 is 11.9 Å². The van der Waals surface area contributed by atoms with E-state index in [-0.39, 0.29) is 23.4 Å². The third-order valence-corrected chi connectivity index (χ3v) is 6.70. The third-order valence-electron chi connectivity index (χ3n) is 6.70. The van der Waals surface area contributed by atoms with Gasteiger partial charge in [0.25, 0.3) is 5.91 Å². The Hall–Kier alpha value is -4.31. The first-order valence-electron chi connectivity index (χ1n) is 12.1. The van der Waals surface area contributed by atoms with E-state index in [1.807, 2.05) is 66.9 Å². The number of benzene rings is 3. The van der Waals surface area contributed by atoms with E-state index in [4.69, 9.17) is 14.7 Å². The van der Waals surface area contributed by atoms with Crippen LogP contribution in [0, 0.1) is 11.5 Å². The summed E-state index contributed by atoms with van der Waals surface area (Å²) in [5.41, 5.74) is 1.52. The van der Waals surface area contributed by atoms with E-state index >= 15 is 0 Å². The molecule has 0 bridgehead atoms. The maximum absolute atomic E-state index is 13.0. The Bertz CT molecular complexity index is 1210. The Kier molecular flexibility index (Phi) is 8.20. The molecule has 36 heavy (non-hydrogen) atoms. The number of nitrogens with one attached hydrogen (secondary N) is 2. The molecule has 0 aliphatic heterocycles. The smallest absolute Gasteiger partial charge is 0.305 e. The molecule has 1 fully saturated rings. The zero-order chi connectivity index (χ0) is 25.2. The predicted octanol–water partition coefficient (Wildman–Crippen LogP) is 4.81. The van der Waals surface area contributed by atoms with Gasteiger partial charge in [-0.3, -0.25) is 4.79 Å². The Morgan fingerprint density at radius 3 is 2.31 bits per heavy atom. The second-order valence-electron chi connectivity index (χ2n) is 8.88. The first-order chi connectivity index (χ1) is 17.6. The summed E-state index contributed by atoms with van der Waals surface area (Å²) in [5, 5.41) is 15.6. The molecule has 3 aromatic rings. The number of ether oxygens (including phenoxy) is 2. The molecule has 1 aliphatic carbocycles. The lowest BCUT2D eigenvalue weighted by Crippen LogP contribution is -2.48. The van der Waals surface area contributed by atoms with E-state index in [9.17, 15) is 4.79 Å². The van der Waals surface area contributed by atoms with Crippen molar-refractivity contribution in [3.63, 3.8) is 0 Å². The zero-order valence-electron chi connectivity index (χ0n) is 20.3. The average molecular weight is 483 g/mol. The van der Waals surface area contributed by atoms with Gasteiger partial charge in [-0.25, -0.2) is 0 Å². The fourth-order valence-corrected chi connectivity index (χ4v) is 4.76. The van der Waals surface area contributed by atoms with E-state index in [1.165, 1.54) is 5.56 Å². The lowest BCUT2D eigenvalue weighted by atomic mass is 9.68. The first kappa shape index (κ1) is 24.8. The number of para-hydroxylation sites is 2. The molecule has 0 heterocycles. The number of carbonyl (C=O) groups is 1. The van der Waals surface area contributed by atoms with Crippen LogP contribution in [0.15, 0.2) is 89.9 Å². The summed E-state index contributed by atoms with van der Waals surface area (Å²) in [6.45, 7) is 0.514. The number of rotatable bonds is 7. The highest BCUT2D eigenvalue weighted by Gasteiger charge is 2.37. The van der Waals surface area contributed by atoms with Gasteiger partial charge in [-0.2, -0.15) is 5.26 Å². The van der Waals surface area contributed by atoms with Crippen molar-refractivity contribution in [1.29, 1.82) is 5.26 Å². The van der Waals surface area contributed by atoms with Crippen molar-refractivity contribution in [2.24, 2.45) is 4.99 Å². The van der Waals surface area contributed by atoms with Crippen molar-refractivity contribution in [3.05, 3.63) is 96.1 Å². The number of amides is 1. The number of carbonyl (C=O) groups excluding carboxylic acids is 1. The molecule has 1 amide bonds. The normalized spacial score (nSPS) is 19.6. The molecule has 0 unspecified atom stereocenters. The van der Waals surface area contributed by atoms with Gasteiger partial charge in [0.05, 0.1) is 12.7 Å². The number of methoxy groups -OCH3 is 1. The van der Waals surface area contributed by atoms with Gasteiger partial charge in [0, 0.05) is 18.0 Å². The molecule has 0 saturated heterocycles. The molecular formula is C29H30N4O3. The van der Waals surface area contributed by atoms with Gasteiger partial charge in [-0.1, -0.05) is 60.7 Å². The molecule has 1 saturated carbocycles. The minimum absolute atomic E-state index is 0.0996. The molecule has 7 nitrogen and oxygen atoms in total. The van der Waals surface area contributed by atoms with Gasteiger partial charge < -0.3 is 20.1 Å². The molecule has 184 valence electrons. The molecule has 0 aromatic heterocycles. The molecular weight excluding hydrogens is 452 g/mol. The lowest BCUT2D eigenvalue weighted by Gasteiger charge is -2.41. The Morgan fingerprint density at radius 2 is 1.64 bits per heavy atom. The summed E-state index contributed by atoms with van der Waals surface area (Å²) in [5.74, 6) is 1.02. The summed E-state index contributed by atoms with van der Waals surface area (Å²) in [6.07, 6.45) is 5.20. The third kappa shape index (κ3) is 6.02. The standard InChI is InChI=1S/C29H30N4O3/c1-35-26-15-9-8-14-25(26)27(34)31-20-29(22-10-4-2-5-11-22)18-16-23(17-19-29)33-28(32-21-30)36-24-12-6-3-7-13-24/h2-15,23H,16-20H2,1H3,(H,31,34)(H,32,33)/t23-,29+. The van der Waals surface area contributed by atoms with E-state index in [1.54, 1.807) is 19.2 Å². The van der Waals surface area contributed by atoms with E-state index in [0.717, 1.165) is 25.7 Å². The van der Waals surface area contributed by atoms with Crippen LogP contribution < -0.4 is 20.1 Å². The maximum Gasteiger partial charge on any atom is 0.305 e. The summed E-state index contributed by atoms with van der Waals surface area (Å²) in [4.78, 5) is 16.9. The van der Waals surface area contributed by atoms with Crippen molar-refractivity contribution in [2.45, 2.75) is 37.1 Å². The predicted molar refractivity (Wildman–Crippen MR) is 139 cm³/mol. The summed E-state index contributed by atoms with van der Waals surface area (Å²) in [7, 11) is 1.57. The van der Waals surface area contributed by atoms with Gasteiger partial charge in [0.15, 0.2) is 0 Å². The number of amidine groups is 1. The molecule has 3 aromatic carbocycles. The van der Waals surface area contributed by atoms with Gasteiger partial charge in [-0.15, -0.1) is 4.99 Å². The van der Waals surface area contributed by atoms with Crippen molar-refractivity contribution < 1.29 is 14.3 Å². The van der Waals surface area contributed by atoms with Gasteiger partial charge >= 0.3 is 6.02 Å². The van der Waals surface area contributed by atoms with Gasteiger partial charge in [-0.05, 0) is 55.5 Å². The molecule has 2 N–H and O–H groups in total. The monoisotopic (exact) mass is 482 g/mol. The SMILES string of the molecule is COc1ccccc1C(=O)NC[C@]1(c2ccccc2)CC[C@@H](N/C(=N/C#N)Oc2ccccc2)CC1. The molecule has 0 atom stereocenters. The zero-order valence-corrected chi connectivity index (χ0v) is 20.3. The van der Waals surface area contributed by atoms with Crippen LogP contribution in [0.3, 0.4) is 0 Å². The fourth-order valence-electron chi connectivity index (χ4n) is 4.76. The highest BCUT2D eigenvalue weighted by Crippen LogP contribution is 2.39. The molecule has 0 radical (unpaired) electrons. The molecule has 0 spiro atoms. The topological polar surface area (TPSA) is 95.7 Å². The van der Waals surface area contributed by atoms with Gasteiger partial charge in [0.2, 0.25) is 6.19 Å².